The van der Waals surface area contributed by atoms with Gasteiger partial charge in [0.15, 0.2) is 5.78 Å². The molecule has 0 aromatic rings. The molecule has 0 heterocycles. The highest BCUT2D eigenvalue weighted by atomic mass is 32.2. The van der Waals surface area contributed by atoms with Crippen molar-refractivity contribution >= 4 is 22.8 Å². The average molecular weight is 222 g/mol. The molecule has 0 saturated heterocycles. The summed E-state index contributed by atoms with van der Waals surface area (Å²) in [4.78, 5) is 22.1. The molecule has 0 saturated carbocycles. The first-order chi connectivity index (χ1) is 6.56. The van der Waals surface area contributed by atoms with Gasteiger partial charge in [0, 0.05) is 12.8 Å². The molecule has 0 aliphatic heterocycles. The second kappa shape index (κ2) is 6.67. The number of esters is 1. The highest BCUT2D eigenvalue weighted by Crippen LogP contribution is 2.06. The molecule has 0 N–H and O–H groups in total. The van der Waals surface area contributed by atoms with E-state index in [-0.39, 0.29) is 12.8 Å². The lowest BCUT2D eigenvalue weighted by Crippen LogP contribution is -2.31. The summed E-state index contributed by atoms with van der Waals surface area (Å²) in [6.45, 7) is 3.19. The first-order valence-electron chi connectivity index (χ1n) is 4.24. The molecule has 2 unspecified atom stereocenters. The molecule has 82 valence electrons. The second-order valence-corrected chi connectivity index (χ2v) is 3.70. The summed E-state index contributed by atoms with van der Waals surface area (Å²) in [5, 5.41) is 0. The van der Waals surface area contributed by atoms with Crippen molar-refractivity contribution in [3.05, 3.63) is 0 Å². The summed E-state index contributed by atoms with van der Waals surface area (Å²) in [6, 6.07) is 0. The maximum Gasteiger partial charge on any atom is 0.307 e. The third-order valence-corrected chi connectivity index (χ3v) is 2.51. The Hall–Kier alpha value is -0.750. The molecule has 0 spiro atoms. The fourth-order valence-corrected chi connectivity index (χ4v) is 1.41. The van der Waals surface area contributed by atoms with Crippen molar-refractivity contribution in [1.29, 1.82) is 0 Å². The number of hydrogen-bond donors (Lipinski definition) is 0. The van der Waals surface area contributed by atoms with Gasteiger partial charge in [-0.05, 0) is 0 Å². The van der Waals surface area contributed by atoms with E-state index in [4.69, 9.17) is 4.74 Å². The van der Waals surface area contributed by atoms with Crippen LogP contribution in [-0.2, 0) is 29.6 Å². The van der Waals surface area contributed by atoms with Gasteiger partial charge in [0.25, 0.3) is 5.44 Å². The smallest absolute Gasteiger partial charge is 0.307 e. The summed E-state index contributed by atoms with van der Waals surface area (Å²) in [5.74, 6) is -0.978. The molecule has 0 rings (SSSR count). The molecule has 0 aromatic carbocycles. The van der Waals surface area contributed by atoms with Crippen LogP contribution < -0.4 is 0 Å². The molecule has 2 atom stereocenters. The third-order valence-electron chi connectivity index (χ3n) is 1.48. The van der Waals surface area contributed by atoms with Crippen molar-refractivity contribution in [3.8, 4) is 0 Å². The number of hydrogen-bond acceptors (Lipinski definition) is 5. The predicted molar refractivity (Wildman–Crippen MR) is 50.6 cm³/mol. The second-order valence-electron chi connectivity index (χ2n) is 2.42. The first kappa shape index (κ1) is 13.2. The number of Topliss-reactive ketones (excluding diaryl/α,β-unsaturated/α-hetero) is 1. The van der Waals surface area contributed by atoms with E-state index in [1.54, 1.807) is 13.8 Å². The minimum absolute atomic E-state index is 0.133. The van der Waals surface area contributed by atoms with Crippen molar-refractivity contribution in [1.82, 2.24) is 0 Å². The van der Waals surface area contributed by atoms with Gasteiger partial charge in [0.05, 0.1) is 7.11 Å². The van der Waals surface area contributed by atoms with Gasteiger partial charge in [-0.1, -0.05) is 13.8 Å². The largest absolute Gasteiger partial charge is 0.438 e. The lowest BCUT2D eigenvalue weighted by molar-refractivity contribution is -0.150. The van der Waals surface area contributed by atoms with Crippen molar-refractivity contribution in [2.24, 2.45) is 0 Å². The number of rotatable bonds is 6. The van der Waals surface area contributed by atoms with E-state index in [2.05, 4.69) is 4.18 Å². The third kappa shape index (κ3) is 3.97. The van der Waals surface area contributed by atoms with Crippen LogP contribution in [0.2, 0.25) is 0 Å². The molecular weight excluding hydrogens is 208 g/mol. The zero-order valence-corrected chi connectivity index (χ0v) is 9.26. The minimum atomic E-state index is -1.91. The summed E-state index contributed by atoms with van der Waals surface area (Å²) in [7, 11) is 1.19. The fraction of sp³-hybridized carbons (Fsp3) is 0.750. The molecule has 6 heteroatoms. The van der Waals surface area contributed by atoms with Crippen LogP contribution in [-0.4, -0.2) is 28.5 Å². The van der Waals surface area contributed by atoms with Crippen molar-refractivity contribution in [3.63, 3.8) is 0 Å². The Morgan fingerprint density at radius 1 is 1.29 bits per heavy atom. The molecule has 0 amide bonds. The lowest BCUT2D eigenvalue weighted by Gasteiger charge is -2.13. The predicted octanol–water partition coefficient (Wildman–Crippen LogP) is 0.555. The van der Waals surface area contributed by atoms with Crippen LogP contribution in [0, 0.1) is 0 Å². The molecule has 14 heavy (non-hydrogen) atoms. The molecule has 0 aliphatic rings. The van der Waals surface area contributed by atoms with Gasteiger partial charge in [-0.2, -0.15) is 0 Å². The van der Waals surface area contributed by atoms with Gasteiger partial charge in [-0.25, -0.2) is 4.21 Å². The van der Waals surface area contributed by atoms with Crippen molar-refractivity contribution < 1.29 is 22.7 Å². The molecule has 0 aliphatic carbocycles. The van der Waals surface area contributed by atoms with Gasteiger partial charge in [-0.3, -0.25) is 13.8 Å². The van der Waals surface area contributed by atoms with E-state index in [1.807, 2.05) is 0 Å². The van der Waals surface area contributed by atoms with Crippen LogP contribution in [0.1, 0.15) is 26.7 Å². The zero-order valence-electron chi connectivity index (χ0n) is 8.44. The van der Waals surface area contributed by atoms with Crippen LogP contribution in [0.3, 0.4) is 0 Å². The maximum absolute atomic E-state index is 11.2. The van der Waals surface area contributed by atoms with Gasteiger partial charge in [0.2, 0.25) is 11.1 Å². The number of carbonyl (C=O) groups is 2. The van der Waals surface area contributed by atoms with E-state index < -0.39 is 28.3 Å². The van der Waals surface area contributed by atoms with Gasteiger partial charge >= 0.3 is 5.97 Å². The normalized spacial score (nSPS) is 14.5. The summed E-state index contributed by atoms with van der Waals surface area (Å²) in [6.07, 6.45) is 0.283. The Bertz CT molecular complexity index is 222. The van der Waals surface area contributed by atoms with E-state index in [0.29, 0.717) is 0 Å². The Kier molecular flexibility index (Phi) is 6.31. The van der Waals surface area contributed by atoms with Crippen LogP contribution in [0.25, 0.3) is 0 Å². The topological polar surface area (TPSA) is 69.7 Å². The van der Waals surface area contributed by atoms with Crippen LogP contribution in [0.5, 0.6) is 0 Å². The quantitative estimate of drug-likeness (QED) is 0.614. The highest BCUT2D eigenvalue weighted by Gasteiger charge is 2.27. The van der Waals surface area contributed by atoms with E-state index in [0.717, 1.165) is 0 Å². The fourth-order valence-electron chi connectivity index (χ4n) is 0.669. The molecule has 0 radical (unpaired) electrons. The number of ketones is 1. The van der Waals surface area contributed by atoms with Crippen LogP contribution in [0.4, 0.5) is 0 Å². The molecule has 0 fully saturated rings. The van der Waals surface area contributed by atoms with E-state index in [9.17, 15) is 13.8 Å². The van der Waals surface area contributed by atoms with Crippen LogP contribution >= 0.6 is 0 Å². The summed E-state index contributed by atoms with van der Waals surface area (Å²) in [5.41, 5.74) is -1.29. The maximum atomic E-state index is 11.2. The number of ether oxygens (including phenoxy) is 1. The van der Waals surface area contributed by atoms with Crippen LogP contribution in [0.15, 0.2) is 0 Å². The SMILES string of the molecule is CCC(=O)OC(C(=O)CC)S(=O)OC. The highest BCUT2D eigenvalue weighted by molar-refractivity contribution is 7.81. The van der Waals surface area contributed by atoms with Gasteiger partial charge < -0.3 is 4.74 Å². The average Bonchev–Trinajstić information content (AvgIpc) is 2.23. The zero-order chi connectivity index (χ0) is 11.1. The summed E-state index contributed by atoms with van der Waals surface area (Å²) >= 11 is -1.91. The Balaban J connectivity index is 4.48. The lowest BCUT2D eigenvalue weighted by atomic mass is 10.3. The first-order valence-corrected chi connectivity index (χ1v) is 5.37. The Morgan fingerprint density at radius 2 is 1.86 bits per heavy atom. The molecule has 5 nitrogen and oxygen atoms in total. The summed E-state index contributed by atoms with van der Waals surface area (Å²) < 4.78 is 20.3. The Labute approximate surface area is 85.4 Å². The minimum Gasteiger partial charge on any atom is -0.438 e. The van der Waals surface area contributed by atoms with E-state index >= 15 is 0 Å². The molecular formula is C8H14O5S. The molecule has 0 aromatic heterocycles. The monoisotopic (exact) mass is 222 g/mol. The number of carbonyl (C=O) groups excluding carboxylic acids is 2. The van der Waals surface area contributed by atoms with Gasteiger partial charge in [0.1, 0.15) is 0 Å². The Morgan fingerprint density at radius 3 is 2.21 bits per heavy atom. The van der Waals surface area contributed by atoms with Crippen molar-refractivity contribution in [2.75, 3.05) is 7.11 Å². The standard InChI is InChI=1S/C8H14O5S/c1-4-6(9)8(14(11)12-3)13-7(10)5-2/h8H,4-5H2,1-3H3. The van der Waals surface area contributed by atoms with E-state index in [1.165, 1.54) is 7.11 Å². The molecule has 0 bridgehead atoms. The van der Waals surface area contributed by atoms with Gasteiger partial charge in [-0.15, -0.1) is 0 Å². The van der Waals surface area contributed by atoms with Crippen molar-refractivity contribution in [2.45, 2.75) is 32.1 Å².